The van der Waals surface area contributed by atoms with Crippen LogP contribution < -0.4 is 0 Å². The molecule has 1 aromatic carbocycles. The minimum Gasteiger partial charge on any atom is -0.346 e. The highest BCUT2D eigenvalue weighted by Gasteiger charge is 2.19. The molecular weight excluding hydrogens is 338 g/mol. The number of nitrogens with one attached hydrogen (secondary N) is 2. The number of hydrogen-bond acceptors (Lipinski definition) is 3. The molecule has 1 aliphatic rings. The smallest absolute Gasteiger partial charge is 0.253 e. The van der Waals surface area contributed by atoms with Crippen LogP contribution >= 0.6 is 0 Å². The van der Waals surface area contributed by atoms with Crippen LogP contribution in [0.2, 0.25) is 0 Å². The molecule has 1 aliphatic heterocycles. The van der Waals surface area contributed by atoms with Gasteiger partial charge in [0.2, 0.25) is 0 Å². The van der Waals surface area contributed by atoms with Gasteiger partial charge in [0, 0.05) is 59.3 Å². The van der Waals surface area contributed by atoms with E-state index in [0.717, 1.165) is 64.8 Å². The molecule has 0 radical (unpaired) electrons. The molecule has 4 heterocycles. The lowest BCUT2D eigenvalue weighted by Crippen LogP contribution is -2.27. The van der Waals surface area contributed by atoms with Gasteiger partial charge in [-0.1, -0.05) is 12.1 Å². The Hall–Kier alpha value is -3.41. The zero-order valence-electron chi connectivity index (χ0n) is 14.8. The molecular formula is C21H19N5O. The van der Waals surface area contributed by atoms with Crippen LogP contribution in [-0.4, -0.2) is 44.1 Å². The first-order valence-corrected chi connectivity index (χ1v) is 9.15. The fourth-order valence-corrected chi connectivity index (χ4v) is 3.71. The minimum absolute atomic E-state index is 0.125. The van der Waals surface area contributed by atoms with Gasteiger partial charge in [-0.2, -0.15) is 5.10 Å². The van der Waals surface area contributed by atoms with Crippen LogP contribution in [0.3, 0.4) is 0 Å². The lowest BCUT2D eigenvalue weighted by Gasteiger charge is -2.15. The molecule has 0 aliphatic carbocycles. The van der Waals surface area contributed by atoms with Crippen molar-refractivity contribution in [1.29, 1.82) is 0 Å². The summed E-state index contributed by atoms with van der Waals surface area (Å²) in [6.07, 6.45) is 9.68. The van der Waals surface area contributed by atoms with Crippen molar-refractivity contribution < 1.29 is 4.79 Å². The first-order chi connectivity index (χ1) is 13.3. The fraction of sp³-hybridized carbons (Fsp3) is 0.190. The maximum Gasteiger partial charge on any atom is 0.253 e. The SMILES string of the molecule is O=C(c1ccc(-c2cnc3[nH]cc(-c4cn[nH]c4)c3c2)cc1)N1CCCC1. The highest BCUT2D eigenvalue weighted by molar-refractivity contribution is 5.96. The third-order valence-corrected chi connectivity index (χ3v) is 5.20. The molecule has 6 nitrogen and oxygen atoms in total. The van der Waals surface area contributed by atoms with Crippen molar-refractivity contribution in [1.82, 2.24) is 25.1 Å². The van der Waals surface area contributed by atoms with Gasteiger partial charge in [-0.15, -0.1) is 0 Å². The Bertz CT molecular complexity index is 1090. The number of carbonyl (C=O) groups is 1. The number of aromatic nitrogens is 4. The van der Waals surface area contributed by atoms with Crippen molar-refractivity contribution in [3.8, 4) is 22.3 Å². The van der Waals surface area contributed by atoms with Crippen molar-refractivity contribution in [3.63, 3.8) is 0 Å². The highest BCUT2D eigenvalue weighted by Crippen LogP contribution is 2.30. The van der Waals surface area contributed by atoms with Crippen LogP contribution in [-0.2, 0) is 0 Å². The van der Waals surface area contributed by atoms with E-state index >= 15 is 0 Å². The Kier molecular flexibility index (Phi) is 3.74. The minimum atomic E-state index is 0.125. The van der Waals surface area contributed by atoms with E-state index in [4.69, 9.17) is 0 Å². The Morgan fingerprint density at radius 2 is 1.78 bits per heavy atom. The Labute approximate surface area is 156 Å². The molecule has 134 valence electrons. The van der Waals surface area contributed by atoms with E-state index < -0.39 is 0 Å². The van der Waals surface area contributed by atoms with E-state index in [2.05, 4.69) is 26.2 Å². The number of amides is 1. The summed E-state index contributed by atoms with van der Waals surface area (Å²) in [5, 5.41) is 7.93. The molecule has 0 unspecified atom stereocenters. The summed E-state index contributed by atoms with van der Waals surface area (Å²) >= 11 is 0. The summed E-state index contributed by atoms with van der Waals surface area (Å²) in [6.45, 7) is 1.73. The number of benzene rings is 1. The number of aromatic amines is 2. The molecule has 0 bridgehead atoms. The van der Waals surface area contributed by atoms with Crippen LogP contribution in [0, 0.1) is 0 Å². The molecule has 0 spiro atoms. The Morgan fingerprint density at radius 1 is 0.963 bits per heavy atom. The average Bonchev–Trinajstić information content (AvgIpc) is 3.48. The number of H-pyrrole nitrogens is 2. The molecule has 5 rings (SSSR count). The van der Waals surface area contributed by atoms with Gasteiger partial charge in [0.25, 0.3) is 5.91 Å². The van der Waals surface area contributed by atoms with E-state index in [1.807, 2.05) is 47.8 Å². The highest BCUT2D eigenvalue weighted by atomic mass is 16.2. The van der Waals surface area contributed by atoms with Gasteiger partial charge in [-0.25, -0.2) is 4.98 Å². The van der Waals surface area contributed by atoms with Gasteiger partial charge in [-0.05, 0) is 36.6 Å². The lowest BCUT2D eigenvalue weighted by atomic mass is 10.0. The summed E-state index contributed by atoms with van der Waals surface area (Å²) in [5.41, 5.74) is 5.74. The van der Waals surface area contributed by atoms with Crippen molar-refractivity contribution in [3.05, 3.63) is 60.7 Å². The molecule has 1 saturated heterocycles. The molecule has 0 atom stereocenters. The maximum atomic E-state index is 12.5. The van der Waals surface area contributed by atoms with Gasteiger partial charge < -0.3 is 9.88 Å². The van der Waals surface area contributed by atoms with Crippen LogP contribution in [0.4, 0.5) is 0 Å². The summed E-state index contributed by atoms with van der Waals surface area (Å²) in [6, 6.07) is 9.94. The van der Waals surface area contributed by atoms with E-state index in [1.54, 1.807) is 6.20 Å². The van der Waals surface area contributed by atoms with E-state index in [9.17, 15) is 4.79 Å². The molecule has 27 heavy (non-hydrogen) atoms. The topological polar surface area (TPSA) is 77.7 Å². The van der Waals surface area contributed by atoms with Gasteiger partial charge in [0.05, 0.1) is 6.20 Å². The molecule has 0 saturated carbocycles. The van der Waals surface area contributed by atoms with Crippen molar-refractivity contribution in [2.24, 2.45) is 0 Å². The van der Waals surface area contributed by atoms with Gasteiger partial charge in [-0.3, -0.25) is 9.89 Å². The number of rotatable bonds is 3. The third kappa shape index (κ3) is 2.79. The van der Waals surface area contributed by atoms with Crippen LogP contribution in [0.25, 0.3) is 33.3 Å². The van der Waals surface area contributed by atoms with E-state index in [0.29, 0.717) is 0 Å². The second-order valence-corrected chi connectivity index (χ2v) is 6.89. The molecule has 6 heteroatoms. The number of fused-ring (bicyclic) bond motifs is 1. The summed E-state index contributed by atoms with van der Waals surface area (Å²) in [4.78, 5) is 22.2. The molecule has 4 aromatic rings. The summed E-state index contributed by atoms with van der Waals surface area (Å²) < 4.78 is 0. The molecule has 1 fully saturated rings. The first kappa shape index (κ1) is 15.8. The van der Waals surface area contributed by atoms with Crippen LogP contribution in [0.5, 0.6) is 0 Å². The van der Waals surface area contributed by atoms with Gasteiger partial charge in [0.1, 0.15) is 5.65 Å². The molecule has 1 amide bonds. The number of likely N-dealkylation sites (tertiary alicyclic amines) is 1. The number of pyridine rings is 1. The van der Waals surface area contributed by atoms with Crippen LogP contribution in [0.15, 0.2) is 55.1 Å². The normalized spacial score (nSPS) is 14.1. The van der Waals surface area contributed by atoms with Crippen molar-refractivity contribution in [2.75, 3.05) is 13.1 Å². The standard InChI is InChI=1S/C21H19N5O/c27-21(26-7-1-2-8-26)15-5-3-14(4-6-15)16-9-18-19(17-11-24-25-12-17)13-23-20(18)22-10-16/h3-6,9-13H,1-2,7-8H2,(H,22,23)(H,24,25). The number of carbonyl (C=O) groups excluding carboxylic acids is 1. The lowest BCUT2D eigenvalue weighted by molar-refractivity contribution is 0.0793. The van der Waals surface area contributed by atoms with Gasteiger partial charge in [0.15, 0.2) is 0 Å². The maximum absolute atomic E-state index is 12.5. The monoisotopic (exact) mass is 357 g/mol. The summed E-state index contributed by atoms with van der Waals surface area (Å²) in [7, 11) is 0. The largest absolute Gasteiger partial charge is 0.346 e. The van der Waals surface area contributed by atoms with Gasteiger partial charge >= 0.3 is 0 Å². The Morgan fingerprint density at radius 3 is 2.52 bits per heavy atom. The zero-order valence-corrected chi connectivity index (χ0v) is 14.8. The number of nitrogens with zero attached hydrogens (tertiary/aromatic N) is 3. The number of hydrogen-bond donors (Lipinski definition) is 2. The first-order valence-electron chi connectivity index (χ1n) is 9.15. The Balaban J connectivity index is 1.48. The second-order valence-electron chi connectivity index (χ2n) is 6.89. The predicted octanol–water partition coefficient (Wildman–Crippen LogP) is 3.86. The van der Waals surface area contributed by atoms with Crippen molar-refractivity contribution in [2.45, 2.75) is 12.8 Å². The zero-order chi connectivity index (χ0) is 18.2. The average molecular weight is 357 g/mol. The molecule has 3 aromatic heterocycles. The predicted molar refractivity (Wildman–Crippen MR) is 104 cm³/mol. The van der Waals surface area contributed by atoms with E-state index in [1.165, 1.54) is 0 Å². The van der Waals surface area contributed by atoms with E-state index in [-0.39, 0.29) is 5.91 Å². The quantitative estimate of drug-likeness (QED) is 0.584. The van der Waals surface area contributed by atoms with Crippen LogP contribution in [0.1, 0.15) is 23.2 Å². The fourth-order valence-electron chi connectivity index (χ4n) is 3.71. The summed E-state index contributed by atoms with van der Waals surface area (Å²) in [5.74, 6) is 0.125. The third-order valence-electron chi connectivity index (χ3n) is 5.20. The second kappa shape index (κ2) is 6.39. The molecule has 2 N–H and O–H groups in total. The van der Waals surface area contributed by atoms with Crippen molar-refractivity contribution >= 4 is 16.9 Å².